The quantitative estimate of drug-likeness (QED) is 0.804. The fourth-order valence-corrected chi connectivity index (χ4v) is 2.26. The number of hydrogen-bond donors (Lipinski definition) is 2. The Labute approximate surface area is 114 Å². The van der Waals surface area contributed by atoms with Crippen LogP contribution in [-0.4, -0.2) is 64.3 Å². The van der Waals surface area contributed by atoms with Crippen molar-refractivity contribution in [1.82, 2.24) is 9.80 Å². The van der Waals surface area contributed by atoms with Crippen LogP contribution in [0.1, 0.15) is 39.0 Å². The summed E-state index contributed by atoms with van der Waals surface area (Å²) in [6.45, 7) is 3.45. The third-order valence-electron chi connectivity index (χ3n) is 3.54. The van der Waals surface area contributed by atoms with Gasteiger partial charge in [-0.05, 0) is 32.6 Å². The molecular formula is C13H24N2O4. The van der Waals surface area contributed by atoms with Gasteiger partial charge in [0.05, 0.1) is 5.60 Å². The van der Waals surface area contributed by atoms with Crippen LogP contribution in [0.15, 0.2) is 0 Å². The molecule has 1 fully saturated rings. The number of carbonyl (C=O) groups is 2. The van der Waals surface area contributed by atoms with Crippen molar-refractivity contribution in [2.75, 3.05) is 26.7 Å². The molecule has 110 valence electrons. The third-order valence-corrected chi connectivity index (χ3v) is 3.54. The highest BCUT2D eigenvalue weighted by Gasteiger charge is 2.28. The molecule has 0 saturated carbocycles. The van der Waals surface area contributed by atoms with Gasteiger partial charge in [0.25, 0.3) is 0 Å². The van der Waals surface area contributed by atoms with Crippen LogP contribution >= 0.6 is 0 Å². The van der Waals surface area contributed by atoms with E-state index in [2.05, 4.69) is 0 Å². The van der Waals surface area contributed by atoms with E-state index in [1.165, 1.54) is 0 Å². The van der Waals surface area contributed by atoms with Crippen molar-refractivity contribution in [2.24, 2.45) is 0 Å². The van der Waals surface area contributed by atoms with Crippen molar-refractivity contribution < 1.29 is 19.8 Å². The normalized spacial score (nSPS) is 23.8. The molecule has 0 spiro atoms. The summed E-state index contributed by atoms with van der Waals surface area (Å²) < 4.78 is 0. The van der Waals surface area contributed by atoms with Crippen LogP contribution in [0.5, 0.6) is 0 Å². The van der Waals surface area contributed by atoms with Crippen molar-refractivity contribution in [3.63, 3.8) is 0 Å². The Kier molecular flexibility index (Phi) is 5.60. The van der Waals surface area contributed by atoms with Gasteiger partial charge in [0.1, 0.15) is 0 Å². The maximum Gasteiger partial charge on any atom is 0.319 e. The standard InChI is InChI=1S/C13H24N2O4/c1-13(19)6-4-9-15(10-7-13)12(18)14(2)8-3-5-11(16)17/h19H,3-10H2,1-2H3,(H,16,17). The second-order valence-corrected chi connectivity index (χ2v) is 5.54. The van der Waals surface area contributed by atoms with Crippen molar-refractivity contribution >= 4 is 12.0 Å². The van der Waals surface area contributed by atoms with E-state index < -0.39 is 11.6 Å². The minimum Gasteiger partial charge on any atom is -0.481 e. The van der Waals surface area contributed by atoms with Crippen molar-refractivity contribution in [1.29, 1.82) is 0 Å². The van der Waals surface area contributed by atoms with E-state index in [9.17, 15) is 14.7 Å². The summed E-state index contributed by atoms with van der Waals surface area (Å²) in [6.07, 6.45) is 2.62. The first kappa shape index (κ1) is 15.8. The highest BCUT2D eigenvalue weighted by Crippen LogP contribution is 2.21. The number of aliphatic hydroxyl groups is 1. The molecule has 19 heavy (non-hydrogen) atoms. The minimum atomic E-state index is -0.841. The smallest absolute Gasteiger partial charge is 0.319 e. The summed E-state index contributed by atoms with van der Waals surface area (Å²) in [5, 5.41) is 18.5. The summed E-state index contributed by atoms with van der Waals surface area (Å²) >= 11 is 0. The Morgan fingerprint density at radius 2 is 2.00 bits per heavy atom. The van der Waals surface area contributed by atoms with Gasteiger partial charge in [-0.3, -0.25) is 4.79 Å². The lowest BCUT2D eigenvalue weighted by atomic mass is 9.98. The molecule has 0 aliphatic carbocycles. The molecule has 0 bridgehead atoms. The zero-order valence-electron chi connectivity index (χ0n) is 11.8. The number of carboxylic acid groups (broad SMARTS) is 1. The maximum atomic E-state index is 12.2. The zero-order chi connectivity index (χ0) is 14.5. The van der Waals surface area contributed by atoms with E-state index >= 15 is 0 Å². The van der Waals surface area contributed by atoms with Gasteiger partial charge in [0.2, 0.25) is 0 Å². The Morgan fingerprint density at radius 1 is 1.32 bits per heavy atom. The van der Waals surface area contributed by atoms with E-state index in [1.54, 1.807) is 23.8 Å². The summed E-state index contributed by atoms with van der Waals surface area (Å²) in [5.41, 5.74) is -0.684. The summed E-state index contributed by atoms with van der Waals surface area (Å²) in [4.78, 5) is 25.9. The molecule has 2 amide bonds. The molecular weight excluding hydrogens is 248 g/mol. The average Bonchev–Trinajstić information content (AvgIpc) is 2.48. The van der Waals surface area contributed by atoms with Gasteiger partial charge in [0.15, 0.2) is 0 Å². The van der Waals surface area contributed by atoms with E-state index in [1.807, 2.05) is 0 Å². The van der Waals surface area contributed by atoms with Crippen LogP contribution in [-0.2, 0) is 4.79 Å². The molecule has 1 unspecified atom stereocenters. The van der Waals surface area contributed by atoms with E-state index in [-0.39, 0.29) is 12.5 Å². The van der Waals surface area contributed by atoms with Gasteiger partial charge in [0, 0.05) is 33.1 Å². The highest BCUT2D eigenvalue weighted by molar-refractivity contribution is 5.74. The predicted molar refractivity (Wildman–Crippen MR) is 70.9 cm³/mol. The Hall–Kier alpha value is -1.30. The zero-order valence-corrected chi connectivity index (χ0v) is 11.8. The second-order valence-electron chi connectivity index (χ2n) is 5.54. The van der Waals surface area contributed by atoms with Crippen LogP contribution in [0.25, 0.3) is 0 Å². The first-order chi connectivity index (χ1) is 8.82. The number of aliphatic carboxylic acids is 1. The molecule has 6 nitrogen and oxygen atoms in total. The minimum absolute atomic E-state index is 0.0757. The van der Waals surface area contributed by atoms with Gasteiger partial charge in [-0.15, -0.1) is 0 Å². The number of likely N-dealkylation sites (tertiary alicyclic amines) is 1. The fraction of sp³-hybridized carbons (Fsp3) is 0.846. The number of carbonyl (C=O) groups excluding carboxylic acids is 1. The monoisotopic (exact) mass is 272 g/mol. The number of urea groups is 1. The fourth-order valence-electron chi connectivity index (χ4n) is 2.26. The molecule has 1 aliphatic heterocycles. The molecule has 0 aromatic rings. The van der Waals surface area contributed by atoms with Crippen LogP contribution in [0.4, 0.5) is 4.79 Å². The Balaban J connectivity index is 2.41. The molecule has 6 heteroatoms. The lowest BCUT2D eigenvalue weighted by molar-refractivity contribution is -0.137. The first-order valence-electron chi connectivity index (χ1n) is 6.76. The Bertz CT molecular complexity index is 331. The number of hydrogen-bond acceptors (Lipinski definition) is 3. The predicted octanol–water partition coefficient (Wildman–Crippen LogP) is 1.14. The number of nitrogens with zero attached hydrogens (tertiary/aromatic N) is 2. The number of amides is 2. The summed E-state index contributed by atoms with van der Waals surface area (Å²) in [6, 6.07) is -0.0805. The highest BCUT2D eigenvalue weighted by atomic mass is 16.4. The van der Waals surface area contributed by atoms with Gasteiger partial charge in [-0.1, -0.05) is 0 Å². The molecule has 2 N–H and O–H groups in total. The van der Waals surface area contributed by atoms with Gasteiger partial charge in [-0.25, -0.2) is 4.79 Å². The SMILES string of the molecule is CN(CCCC(=O)O)C(=O)N1CCCC(C)(O)CC1. The number of rotatable bonds is 4. The molecule has 0 radical (unpaired) electrons. The first-order valence-corrected chi connectivity index (χ1v) is 6.76. The largest absolute Gasteiger partial charge is 0.481 e. The van der Waals surface area contributed by atoms with E-state index in [0.29, 0.717) is 38.9 Å². The molecule has 1 aliphatic rings. The van der Waals surface area contributed by atoms with E-state index in [0.717, 1.165) is 6.42 Å². The molecule has 0 aromatic carbocycles. The van der Waals surface area contributed by atoms with Gasteiger partial charge in [-0.2, -0.15) is 0 Å². The van der Waals surface area contributed by atoms with Crippen LogP contribution < -0.4 is 0 Å². The summed E-state index contributed by atoms with van der Waals surface area (Å²) in [7, 11) is 1.69. The number of carboxylic acids is 1. The summed E-state index contributed by atoms with van der Waals surface area (Å²) in [5.74, 6) is -0.841. The van der Waals surface area contributed by atoms with Crippen LogP contribution in [0.3, 0.4) is 0 Å². The van der Waals surface area contributed by atoms with Crippen molar-refractivity contribution in [3.05, 3.63) is 0 Å². The van der Waals surface area contributed by atoms with Gasteiger partial charge >= 0.3 is 12.0 Å². The van der Waals surface area contributed by atoms with Crippen molar-refractivity contribution in [3.8, 4) is 0 Å². The van der Waals surface area contributed by atoms with Crippen molar-refractivity contribution in [2.45, 2.75) is 44.6 Å². The third kappa shape index (κ3) is 5.46. The molecule has 1 heterocycles. The molecule has 0 aromatic heterocycles. The van der Waals surface area contributed by atoms with Gasteiger partial charge < -0.3 is 20.0 Å². The lowest BCUT2D eigenvalue weighted by Gasteiger charge is -2.27. The molecule has 1 rings (SSSR count). The lowest BCUT2D eigenvalue weighted by Crippen LogP contribution is -2.42. The van der Waals surface area contributed by atoms with E-state index in [4.69, 9.17) is 5.11 Å². The van der Waals surface area contributed by atoms with Crippen LogP contribution in [0.2, 0.25) is 0 Å². The molecule has 1 saturated heterocycles. The topological polar surface area (TPSA) is 81.1 Å². The maximum absolute atomic E-state index is 12.2. The second kappa shape index (κ2) is 6.75. The molecule has 1 atom stereocenters. The van der Waals surface area contributed by atoms with Crippen LogP contribution in [0, 0.1) is 0 Å². The average molecular weight is 272 g/mol. The Morgan fingerprint density at radius 3 is 2.63 bits per heavy atom.